The van der Waals surface area contributed by atoms with Crippen LogP contribution in [0.15, 0.2) is 107 Å². The first-order chi connectivity index (χ1) is 17.7. The van der Waals surface area contributed by atoms with Gasteiger partial charge in [-0.2, -0.15) is 4.98 Å². The molecule has 36 heavy (non-hydrogen) atoms. The molecule has 0 saturated carbocycles. The van der Waals surface area contributed by atoms with E-state index < -0.39 is 0 Å². The molecule has 1 aliphatic rings. The van der Waals surface area contributed by atoms with Gasteiger partial charge in [-0.3, -0.25) is 9.36 Å². The SMILES string of the molecule is [C-]#[N+]/C(C#N)=C1\C(=C\c2nc3oc(-c4ccccc4)cc3n2-c2ccccc2)C(=O)c2ccccc21. The number of nitriles is 1. The first-order valence-electron chi connectivity index (χ1n) is 11.2. The summed E-state index contributed by atoms with van der Waals surface area (Å²) in [5.74, 6) is 0.897. The van der Waals surface area contributed by atoms with E-state index in [4.69, 9.17) is 16.0 Å². The molecule has 0 spiro atoms. The van der Waals surface area contributed by atoms with E-state index in [1.54, 1.807) is 30.3 Å². The number of fused-ring (bicyclic) bond motifs is 2. The number of nitrogens with zero attached hydrogens (tertiary/aromatic N) is 4. The summed E-state index contributed by atoms with van der Waals surface area (Å²) < 4.78 is 8.02. The first kappa shape index (κ1) is 21.1. The summed E-state index contributed by atoms with van der Waals surface area (Å²) >= 11 is 0. The Bertz CT molecular complexity index is 1790. The van der Waals surface area contributed by atoms with Crippen molar-refractivity contribution in [2.24, 2.45) is 0 Å². The van der Waals surface area contributed by atoms with E-state index in [-0.39, 0.29) is 17.1 Å². The molecule has 0 radical (unpaired) electrons. The van der Waals surface area contributed by atoms with Crippen molar-refractivity contribution in [3.63, 3.8) is 0 Å². The minimum atomic E-state index is -0.249. The molecular formula is C30H16N4O2. The molecule has 2 heterocycles. The number of carbonyl (C=O) groups excluding carboxylic acids is 1. The zero-order valence-corrected chi connectivity index (χ0v) is 18.8. The fourth-order valence-corrected chi connectivity index (χ4v) is 4.54. The third-order valence-corrected chi connectivity index (χ3v) is 6.14. The van der Waals surface area contributed by atoms with Crippen LogP contribution in [0.1, 0.15) is 21.7 Å². The molecule has 0 unspecified atom stereocenters. The van der Waals surface area contributed by atoms with Crippen LogP contribution in [-0.2, 0) is 0 Å². The molecule has 1 aliphatic carbocycles. The number of carbonyl (C=O) groups is 1. The third-order valence-electron chi connectivity index (χ3n) is 6.14. The highest BCUT2D eigenvalue weighted by atomic mass is 16.3. The molecule has 0 fully saturated rings. The molecule has 0 saturated heterocycles. The van der Waals surface area contributed by atoms with Crippen LogP contribution in [0.5, 0.6) is 0 Å². The van der Waals surface area contributed by atoms with E-state index in [9.17, 15) is 10.1 Å². The lowest BCUT2D eigenvalue weighted by Crippen LogP contribution is -2.00. The first-order valence-corrected chi connectivity index (χ1v) is 11.2. The molecule has 168 valence electrons. The molecule has 6 heteroatoms. The third kappa shape index (κ3) is 3.26. The van der Waals surface area contributed by atoms with Crippen LogP contribution in [0.3, 0.4) is 0 Å². The number of Topliss-reactive ketones (excluding diaryl/α,β-unsaturated/α-hetero) is 1. The van der Waals surface area contributed by atoms with Gasteiger partial charge in [0, 0.05) is 34.0 Å². The number of benzene rings is 3. The Hall–Kier alpha value is -5.46. The quantitative estimate of drug-likeness (QED) is 0.169. The zero-order chi connectivity index (χ0) is 24.6. The maximum Gasteiger partial charge on any atom is 0.270 e. The van der Waals surface area contributed by atoms with Gasteiger partial charge in [0.05, 0.1) is 12.6 Å². The molecule has 2 aromatic heterocycles. The van der Waals surface area contributed by atoms with E-state index in [2.05, 4.69) is 4.85 Å². The summed E-state index contributed by atoms with van der Waals surface area (Å²) in [5, 5.41) is 9.64. The second kappa shape index (κ2) is 8.39. The Morgan fingerprint density at radius 2 is 1.64 bits per heavy atom. The van der Waals surface area contributed by atoms with Crippen LogP contribution in [0.2, 0.25) is 0 Å². The number of aromatic nitrogens is 2. The largest absolute Gasteiger partial charge is 0.436 e. The Balaban J connectivity index is 1.61. The predicted octanol–water partition coefficient (Wildman–Crippen LogP) is 6.72. The number of hydrogen-bond acceptors (Lipinski definition) is 4. The smallest absolute Gasteiger partial charge is 0.270 e. The van der Waals surface area contributed by atoms with Gasteiger partial charge in [0.15, 0.2) is 5.78 Å². The minimum absolute atomic E-state index is 0.132. The molecule has 6 nitrogen and oxygen atoms in total. The maximum absolute atomic E-state index is 13.4. The van der Waals surface area contributed by atoms with E-state index in [0.717, 1.165) is 16.8 Å². The average molecular weight is 464 g/mol. The summed E-state index contributed by atoms with van der Waals surface area (Å²) in [6.45, 7) is 7.52. The second-order valence-corrected chi connectivity index (χ2v) is 8.19. The highest BCUT2D eigenvalue weighted by molar-refractivity contribution is 6.29. The summed E-state index contributed by atoms with van der Waals surface area (Å²) in [5.41, 5.74) is 4.43. The van der Waals surface area contributed by atoms with Crippen molar-refractivity contribution in [3.05, 3.63) is 131 Å². The fourth-order valence-electron chi connectivity index (χ4n) is 4.54. The lowest BCUT2D eigenvalue weighted by atomic mass is 10.0. The van der Waals surface area contributed by atoms with Gasteiger partial charge in [0.25, 0.3) is 5.70 Å². The van der Waals surface area contributed by atoms with Gasteiger partial charge >= 0.3 is 0 Å². The molecule has 6 rings (SSSR count). The summed E-state index contributed by atoms with van der Waals surface area (Å²) in [7, 11) is 0. The number of ketones is 1. The van der Waals surface area contributed by atoms with Gasteiger partial charge < -0.3 is 4.42 Å². The summed E-state index contributed by atoms with van der Waals surface area (Å²) in [4.78, 5) is 21.5. The van der Waals surface area contributed by atoms with Crippen molar-refractivity contribution in [2.45, 2.75) is 0 Å². The topological polar surface area (TPSA) is 76.2 Å². The molecule has 0 atom stereocenters. The normalized spacial score (nSPS) is 15.1. The van der Waals surface area contributed by atoms with E-state index >= 15 is 0 Å². The fraction of sp³-hybridized carbons (Fsp3) is 0. The lowest BCUT2D eigenvalue weighted by molar-refractivity contribution is 0.104. The molecule has 0 amide bonds. The summed E-state index contributed by atoms with van der Waals surface area (Å²) in [6, 6.07) is 30.3. The Labute approximate surface area is 206 Å². The van der Waals surface area contributed by atoms with Crippen LogP contribution < -0.4 is 0 Å². The van der Waals surface area contributed by atoms with Crippen molar-refractivity contribution in [3.8, 4) is 23.1 Å². The monoisotopic (exact) mass is 464 g/mol. The van der Waals surface area contributed by atoms with E-state index in [1.165, 1.54) is 0 Å². The highest BCUT2D eigenvalue weighted by Crippen LogP contribution is 2.41. The van der Waals surface area contributed by atoms with Crippen molar-refractivity contribution < 1.29 is 9.21 Å². The van der Waals surface area contributed by atoms with Gasteiger partial charge in [-0.15, -0.1) is 0 Å². The molecular weight excluding hydrogens is 448 g/mol. The van der Waals surface area contributed by atoms with Crippen LogP contribution in [0, 0.1) is 17.9 Å². The van der Waals surface area contributed by atoms with E-state index in [0.29, 0.717) is 34.0 Å². The van der Waals surface area contributed by atoms with Crippen LogP contribution in [0.25, 0.3) is 44.7 Å². The van der Waals surface area contributed by atoms with Gasteiger partial charge in [-0.05, 0) is 23.8 Å². The lowest BCUT2D eigenvalue weighted by Gasteiger charge is -2.07. The minimum Gasteiger partial charge on any atom is -0.436 e. The number of rotatable bonds is 3. The number of hydrogen-bond donors (Lipinski definition) is 0. The van der Waals surface area contributed by atoms with Crippen molar-refractivity contribution in [2.75, 3.05) is 0 Å². The van der Waals surface area contributed by atoms with Crippen molar-refractivity contribution in [1.82, 2.24) is 9.55 Å². The number of imidazole rings is 1. The Kier molecular flexibility index (Phi) is 4.92. The summed E-state index contributed by atoms with van der Waals surface area (Å²) in [6.07, 6.45) is 1.64. The molecule has 0 N–H and O–H groups in total. The van der Waals surface area contributed by atoms with Gasteiger partial charge in [-0.25, -0.2) is 10.1 Å². The zero-order valence-electron chi connectivity index (χ0n) is 18.8. The second-order valence-electron chi connectivity index (χ2n) is 8.19. The van der Waals surface area contributed by atoms with Crippen LogP contribution in [-0.4, -0.2) is 15.3 Å². The van der Waals surface area contributed by atoms with Gasteiger partial charge in [-0.1, -0.05) is 72.8 Å². The van der Waals surface area contributed by atoms with Gasteiger partial charge in [0.1, 0.15) is 17.1 Å². The molecule has 3 aromatic carbocycles. The van der Waals surface area contributed by atoms with E-state index in [1.807, 2.05) is 77.4 Å². The Morgan fingerprint density at radius 3 is 2.33 bits per heavy atom. The highest BCUT2D eigenvalue weighted by Gasteiger charge is 2.32. The van der Waals surface area contributed by atoms with Crippen LogP contribution in [0.4, 0.5) is 0 Å². The van der Waals surface area contributed by atoms with Crippen molar-refractivity contribution in [1.29, 1.82) is 5.26 Å². The van der Waals surface area contributed by atoms with Crippen molar-refractivity contribution >= 4 is 28.7 Å². The maximum atomic E-state index is 13.4. The predicted molar refractivity (Wildman–Crippen MR) is 137 cm³/mol. The number of allylic oxidation sites excluding steroid dienone is 3. The van der Waals surface area contributed by atoms with Gasteiger partial charge in [0.2, 0.25) is 5.71 Å². The average Bonchev–Trinajstić information content (AvgIpc) is 3.57. The molecule has 0 aliphatic heterocycles. The number of para-hydroxylation sites is 1. The standard InChI is InChI=1S/C30H16N4O2/c1-32-24(18-31)28-21-14-8-9-15-22(21)29(35)23(28)16-27-33-30-25(34(27)20-12-6-3-7-13-20)17-26(36-30)19-10-4-2-5-11-19/h2-17H/b23-16-,28-24-. The van der Waals surface area contributed by atoms with Crippen LogP contribution >= 0.6 is 0 Å². The molecule has 5 aromatic rings. The number of furan rings is 1. The Morgan fingerprint density at radius 1 is 0.972 bits per heavy atom. The molecule has 0 bridgehead atoms.